The SMILES string of the molecule is N#Cc1c(-c2ccccc2)cc(-c2cccnc2)[nH]c1=O. The topological polar surface area (TPSA) is 69.5 Å². The van der Waals surface area contributed by atoms with Crippen LogP contribution in [-0.4, -0.2) is 9.97 Å². The van der Waals surface area contributed by atoms with Gasteiger partial charge < -0.3 is 4.98 Å². The summed E-state index contributed by atoms with van der Waals surface area (Å²) in [6.45, 7) is 0. The lowest BCUT2D eigenvalue weighted by molar-refractivity contribution is 1.21. The van der Waals surface area contributed by atoms with Gasteiger partial charge >= 0.3 is 0 Å². The van der Waals surface area contributed by atoms with E-state index in [1.807, 2.05) is 48.5 Å². The molecule has 0 bridgehead atoms. The third-order valence-electron chi connectivity index (χ3n) is 3.20. The first-order valence-corrected chi connectivity index (χ1v) is 6.43. The van der Waals surface area contributed by atoms with Crippen LogP contribution in [0.15, 0.2) is 65.7 Å². The van der Waals surface area contributed by atoms with Crippen LogP contribution in [-0.2, 0) is 0 Å². The molecule has 0 amide bonds. The van der Waals surface area contributed by atoms with Crippen molar-refractivity contribution in [1.82, 2.24) is 9.97 Å². The lowest BCUT2D eigenvalue weighted by Crippen LogP contribution is -2.12. The highest BCUT2D eigenvalue weighted by atomic mass is 16.1. The molecule has 4 nitrogen and oxygen atoms in total. The highest BCUT2D eigenvalue weighted by molar-refractivity contribution is 5.74. The van der Waals surface area contributed by atoms with E-state index in [0.717, 1.165) is 11.1 Å². The van der Waals surface area contributed by atoms with Crippen LogP contribution < -0.4 is 5.56 Å². The van der Waals surface area contributed by atoms with Gasteiger partial charge in [-0.25, -0.2) is 0 Å². The van der Waals surface area contributed by atoms with E-state index in [0.29, 0.717) is 11.3 Å². The van der Waals surface area contributed by atoms with Crippen molar-refractivity contribution in [3.05, 3.63) is 76.8 Å². The average Bonchev–Trinajstić information content (AvgIpc) is 2.55. The van der Waals surface area contributed by atoms with Crippen molar-refractivity contribution < 1.29 is 0 Å². The van der Waals surface area contributed by atoms with Gasteiger partial charge in [0.2, 0.25) is 0 Å². The van der Waals surface area contributed by atoms with Crippen molar-refractivity contribution in [3.8, 4) is 28.5 Å². The van der Waals surface area contributed by atoms with Gasteiger partial charge in [0.25, 0.3) is 5.56 Å². The van der Waals surface area contributed by atoms with Crippen LogP contribution in [0.25, 0.3) is 22.4 Å². The van der Waals surface area contributed by atoms with Crippen LogP contribution in [0.5, 0.6) is 0 Å². The molecule has 3 rings (SSSR count). The predicted molar refractivity (Wildman–Crippen MR) is 80.4 cm³/mol. The van der Waals surface area contributed by atoms with Crippen molar-refractivity contribution in [3.63, 3.8) is 0 Å². The standard InChI is InChI=1S/C17H11N3O/c18-10-15-14(12-5-2-1-3-6-12)9-16(20-17(15)21)13-7-4-8-19-11-13/h1-9,11H,(H,20,21). The maximum Gasteiger partial charge on any atom is 0.266 e. The fourth-order valence-electron chi connectivity index (χ4n) is 2.19. The molecular weight excluding hydrogens is 262 g/mol. The molecule has 100 valence electrons. The molecule has 0 spiro atoms. The number of H-pyrrole nitrogens is 1. The second kappa shape index (κ2) is 5.43. The first kappa shape index (κ1) is 12.8. The van der Waals surface area contributed by atoms with Gasteiger partial charge in [-0.3, -0.25) is 9.78 Å². The Morgan fingerprint density at radius 2 is 1.81 bits per heavy atom. The third-order valence-corrected chi connectivity index (χ3v) is 3.20. The molecule has 0 aliphatic heterocycles. The van der Waals surface area contributed by atoms with Crippen molar-refractivity contribution >= 4 is 0 Å². The minimum atomic E-state index is -0.391. The smallest absolute Gasteiger partial charge is 0.266 e. The second-order valence-corrected chi connectivity index (χ2v) is 4.52. The van der Waals surface area contributed by atoms with E-state index in [9.17, 15) is 10.1 Å². The quantitative estimate of drug-likeness (QED) is 0.780. The number of aromatic nitrogens is 2. The van der Waals surface area contributed by atoms with Gasteiger partial charge in [0, 0.05) is 23.5 Å². The van der Waals surface area contributed by atoms with Crippen molar-refractivity contribution in [2.24, 2.45) is 0 Å². The van der Waals surface area contributed by atoms with E-state index in [1.165, 1.54) is 0 Å². The Morgan fingerprint density at radius 1 is 1.05 bits per heavy atom. The molecule has 0 atom stereocenters. The van der Waals surface area contributed by atoms with Crippen LogP contribution in [0.1, 0.15) is 5.56 Å². The number of hydrogen-bond acceptors (Lipinski definition) is 3. The summed E-state index contributed by atoms with van der Waals surface area (Å²) in [5, 5.41) is 9.24. The number of aromatic amines is 1. The van der Waals surface area contributed by atoms with E-state index in [-0.39, 0.29) is 5.56 Å². The van der Waals surface area contributed by atoms with Gasteiger partial charge in [-0.1, -0.05) is 30.3 Å². The van der Waals surface area contributed by atoms with E-state index in [4.69, 9.17) is 0 Å². The zero-order chi connectivity index (χ0) is 14.7. The minimum Gasteiger partial charge on any atom is -0.321 e. The Balaban J connectivity index is 2.27. The zero-order valence-electron chi connectivity index (χ0n) is 11.1. The summed E-state index contributed by atoms with van der Waals surface area (Å²) in [4.78, 5) is 18.9. The molecule has 0 saturated carbocycles. The zero-order valence-corrected chi connectivity index (χ0v) is 11.1. The van der Waals surface area contributed by atoms with Gasteiger partial charge in [0.15, 0.2) is 0 Å². The number of nitrogens with one attached hydrogen (secondary N) is 1. The number of hydrogen-bond donors (Lipinski definition) is 1. The van der Waals surface area contributed by atoms with E-state index >= 15 is 0 Å². The van der Waals surface area contributed by atoms with Gasteiger partial charge in [-0.2, -0.15) is 5.26 Å². The van der Waals surface area contributed by atoms with E-state index in [2.05, 4.69) is 9.97 Å². The predicted octanol–water partition coefficient (Wildman–Crippen LogP) is 2.98. The molecule has 0 saturated heterocycles. The Labute approximate surface area is 121 Å². The van der Waals surface area contributed by atoms with Gasteiger partial charge in [-0.05, 0) is 23.8 Å². The first-order valence-electron chi connectivity index (χ1n) is 6.43. The number of benzene rings is 1. The number of nitrogens with zero attached hydrogens (tertiary/aromatic N) is 2. The molecule has 1 aromatic carbocycles. The Morgan fingerprint density at radius 3 is 2.48 bits per heavy atom. The van der Waals surface area contributed by atoms with Crippen molar-refractivity contribution in [1.29, 1.82) is 5.26 Å². The highest BCUT2D eigenvalue weighted by Gasteiger charge is 2.12. The summed E-state index contributed by atoms with van der Waals surface area (Å²) < 4.78 is 0. The molecule has 2 aromatic heterocycles. The molecule has 3 aromatic rings. The molecule has 21 heavy (non-hydrogen) atoms. The summed E-state index contributed by atoms with van der Waals surface area (Å²) in [6, 6.07) is 16.9. The minimum absolute atomic E-state index is 0.119. The van der Waals surface area contributed by atoms with Gasteiger partial charge in [0.1, 0.15) is 11.6 Å². The molecule has 0 fully saturated rings. The maximum absolute atomic E-state index is 12.1. The fraction of sp³-hybridized carbons (Fsp3) is 0. The Kier molecular flexibility index (Phi) is 3.32. The highest BCUT2D eigenvalue weighted by Crippen LogP contribution is 2.25. The summed E-state index contributed by atoms with van der Waals surface area (Å²) in [5.74, 6) is 0. The van der Waals surface area contributed by atoms with Gasteiger partial charge in [-0.15, -0.1) is 0 Å². The summed E-state index contributed by atoms with van der Waals surface area (Å²) in [7, 11) is 0. The van der Waals surface area contributed by atoms with E-state index < -0.39 is 5.56 Å². The molecule has 1 N–H and O–H groups in total. The second-order valence-electron chi connectivity index (χ2n) is 4.52. The number of pyridine rings is 2. The number of rotatable bonds is 2. The lowest BCUT2D eigenvalue weighted by Gasteiger charge is -2.07. The summed E-state index contributed by atoms with van der Waals surface area (Å²) in [5.41, 5.74) is 2.64. The first-order chi connectivity index (χ1) is 10.3. The monoisotopic (exact) mass is 273 g/mol. The van der Waals surface area contributed by atoms with Crippen LogP contribution in [0, 0.1) is 11.3 Å². The molecule has 2 heterocycles. The van der Waals surface area contributed by atoms with Gasteiger partial charge in [0.05, 0.1) is 5.69 Å². The van der Waals surface area contributed by atoms with Crippen LogP contribution >= 0.6 is 0 Å². The Hall–Kier alpha value is -3.19. The molecular formula is C17H11N3O. The maximum atomic E-state index is 12.1. The van der Waals surface area contributed by atoms with Crippen molar-refractivity contribution in [2.75, 3.05) is 0 Å². The fourth-order valence-corrected chi connectivity index (χ4v) is 2.19. The molecule has 4 heteroatoms. The molecule has 0 unspecified atom stereocenters. The van der Waals surface area contributed by atoms with Crippen LogP contribution in [0.2, 0.25) is 0 Å². The Bertz CT molecular complexity index is 862. The van der Waals surface area contributed by atoms with Crippen molar-refractivity contribution in [2.45, 2.75) is 0 Å². The summed E-state index contributed by atoms with van der Waals surface area (Å²) >= 11 is 0. The molecule has 0 radical (unpaired) electrons. The largest absolute Gasteiger partial charge is 0.321 e. The van der Waals surface area contributed by atoms with Crippen LogP contribution in [0.3, 0.4) is 0 Å². The van der Waals surface area contributed by atoms with Crippen LogP contribution in [0.4, 0.5) is 0 Å². The average molecular weight is 273 g/mol. The lowest BCUT2D eigenvalue weighted by atomic mass is 10.00. The summed E-state index contributed by atoms with van der Waals surface area (Å²) in [6.07, 6.45) is 3.34. The molecule has 0 aliphatic carbocycles. The number of nitriles is 1. The van der Waals surface area contributed by atoms with E-state index in [1.54, 1.807) is 18.5 Å². The molecule has 0 aliphatic rings. The third kappa shape index (κ3) is 2.45. The normalized spacial score (nSPS) is 10.0.